The highest BCUT2D eigenvalue weighted by Crippen LogP contribution is 2.26. The molecule has 1 aliphatic rings. The molecule has 2 aromatic heterocycles. The normalized spacial score (nSPS) is 17.0. The summed E-state index contributed by atoms with van der Waals surface area (Å²) in [4.78, 5) is 25.7. The molecule has 1 amide bonds. The van der Waals surface area contributed by atoms with E-state index in [1.54, 1.807) is 17.3 Å². The number of carbonyl (C=O) groups excluding carboxylic acids is 1. The number of rotatable bonds is 2. The number of nitrogens with zero attached hydrogens (tertiary/aromatic N) is 5. The van der Waals surface area contributed by atoms with Crippen LogP contribution in [0.3, 0.4) is 0 Å². The predicted octanol–water partition coefficient (Wildman–Crippen LogP) is 1.78. The number of amides is 1. The summed E-state index contributed by atoms with van der Waals surface area (Å²) in [5.41, 5.74) is 0.987. The molecular formula is C15H22N6O. The van der Waals surface area contributed by atoms with Gasteiger partial charge in [0.25, 0.3) is 5.91 Å². The zero-order chi connectivity index (χ0) is 15.7. The molecular weight excluding hydrogens is 280 g/mol. The first-order valence-corrected chi connectivity index (χ1v) is 7.65. The standard InChI is InChI=1S/C15H22N6O/c1-15(2,3)21-10-18-13(19-21)14(22)20-6-4-11(5-7-20)12-8-16-9-17-12/h8-11H,4-7H2,1-3H3,(H,16,17). The van der Waals surface area contributed by atoms with Gasteiger partial charge in [0, 0.05) is 30.9 Å². The highest BCUT2D eigenvalue weighted by atomic mass is 16.2. The lowest BCUT2D eigenvalue weighted by atomic mass is 9.94. The van der Waals surface area contributed by atoms with Crippen LogP contribution in [0.5, 0.6) is 0 Å². The van der Waals surface area contributed by atoms with Crippen molar-refractivity contribution in [1.29, 1.82) is 0 Å². The summed E-state index contributed by atoms with van der Waals surface area (Å²) in [6.45, 7) is 7.56. The Balaban J connectivity index is 1.63. The van der Waals surface area contributed by atoms with Crippen LogP contribution in [0.2, 0.25) is 0 Å². The molecule has 0 aromatic carbocycles. The second-order valence-electron chi connectivity index (χ2n) is 6.76. The van der Waals surface area contributed by atoms with Gasteiger partial charge in [-0.25, -0.2) is 14.6 Å². The Morgan fingerprint density at radius 1 is 1.32 bits per heavy atom. The van der Waals surface area contributed by atoms with Gasteiger partial charge in [-0.05, 0) is 33.6 Å². The van der Waals surface area contributed by atoms with Crippen molar-refractivity contribution in [3.8, 4) is 0 Å². The summed E-state index contributed by atoms with van der Waals surface area (Å²) in [6, 6.07) is 0. The lowest BCUT2D eigenvalue weighted by Gasteiger charge is -2.30. The molecule has 0 radical (unpaired) electrons. The monoisotopic (exact) mass is 302 g/mol. The molecule has 0 bridgehead atoms. The van der Waals surface area contributed by atoms with Crippen molar-refractivity contribution in [2.45, 2.75) is 45.1 Å². The minimum absolute atomic E-state index is 0.0777. The van der Waals surface area contributed by atoms with Crippen LogP contribution in [0, 0.1) is 0 Å². The number of likely N-dealkylation sites (tertiary alicyclic amines) is 1. The molecule has 1 fully saturated rings. The third-order valence-corrected chi connectivity index (χ3v) is 4.11. The van der Waals surface area contributed by atoms with Gasteiger partial charge in [-0.2, -0.15) is 0 Å². The highest BCUT2D eigenvalue weighted by molar-refractivity contribution is 5.90. The average Bonchev–Trinajstić information content (AvgIpc) is 3.17. The Morgan fingerprint density at radius 2 is 2.05 bits per heavy atom. The number of aromatic amines is 1. The summed E-state index contributed by atoms with van der Waals surface area (Å²) in [5, 5.41) is 4.32. The van der Waals surface area contributed by atoms with E-state index in [2.05, 4.69) is 20.1 Å². The van der Waals surface area contributed by atoms with Gasteiger partial charge in [-0.3, -0.25) is 4.79 Å². The van der Waals surface area contributed by atoms with Gasteiger partial charge >= 0.3 is 0 Å². The predicted molar refractivity (Wildman–Crippen MR) is 81.5 cm³/mol. The maximum absolute atomic E-state index is 12.5. The molecule has 0 aliphatic carbocycles. The number of carbonyl (C=O) groups is 1. The van der Waals surface area contributed by atoms with Crippen molar-refractivity contribution in [2.75, 3.05) is 13.1 Å². The van der Waals surface area contributed by atoms with Gasteiger partial charge in [0.15, 0.2) is 0 Å². The third kappa shape index (κ3) is 2.88. The Morgan fingerprint density at radius 3 is 2.59 bits per heavy atom. The van der Waals surface area contributed by atoms with Gasteiger partial charge in [0.05, 0.1) is 11.9 Å². The van der Waals surface area contributed by atoms with E-state index in [-0.39, 0.29) is 17.3 Å². The Kier molecular flexibility index (Phi) is 3.72. The summed E-state index contributed by atoms with van der Waals surface area (Å²) >= 11 is 0. The van der Waals surface area contributed by atoms with Gasteiger partial charge in [-0.15, -0.1) is 5.10 Å². The fourth-order valence-corrected chi connectivity index (χ4v) is 2.71. The van der Waals surface area contributed by atoms with Crippen molar-refractivity contribution in [3.05, 3.63) is 30.4 Å². The van der Waals surface area contributed by atoms with Crippen LogP contribution in [0.4, 0.5) is 0 Å². The van der Waals surface area contributed by atoms with E-state index in [4.69, 9.17) is 0 Å². The molecule has 3 heterocycles. The van der Waals surface area contributed by atoms with Crippen LogP contribution in [0.1, 0.15) is 55.8 Å². The Labute approximate surface area is 129 Å². The molecule has 0 atom stereocenters. The van der Waals surface area contributed by atoms with Crippen LogP contribution in [0.25, 0.3) is 0 Å². The largest absolute Gasteiger partial charge is 0.348 e. The van der Waals surface area contributed by atoms with Crippen LogP contribution in [0.15, 0.2) is 18.9 Å². The van der Waals surface area contributed by atoms with Crippen LogP contribution in [-0.4, -0.2) is 48.6 Å². The summed E-state index contributed by atoms with van der Waals surface area (Å²) in [6.07, 6.45) is 7.08. The number of hydrogen-bond donors (Lipinski definition) is 1. The molecule has 1 aliphatic heterocycles. The molecule has 2 aromatic rings. The van der Waals surface area contributed by atoms with Crippen molar-refractivity contribution in [2.24, 2.45) is 0 Å². The number of hydrogen-bond acceptors (Lipinski definition) is 4. The van der Waals surface area contributed by atoms with E-state index in [1.807, 2.05) is 31.9 Å². The molecule has 22 heavy (non-hydrogen) atoms. The molecule has 7 nitrogen and oxygen atoms in total. The Hall–Kier alpha value is -2.18. The fourth-order valence-electron chi connectivity index (χ4n) is 2.71. The molecule has 0 spiro atoms. The first kappa shape index (κ1) is 14.7. The van der Waals surface area contributed by atoms with E-state index < -0.39 is 0 Å². The summed E-state index contributed by atoms with van der Waals surface area (Å²) in [5.74, 6) is 0.660. The summed E-state index contributed by atoms with van der Waals surface area (Å²) < 4.78 is 1.73. The Bertz CT molecular complexity index is 631. The zero-order valence-corrected chi connectivity index (χ0v) is 13.3. The van der Waals surface area contributed by atoms with Crippen LogP contribution in [-0.2, 0) is 5.54 Å². The minimum atomic E-state index is -0.168. The number of H-pyrrole nitrogens is 1. The molecule has 3 rings (SSSR count). The van der Waals surface area contributed by atoms with E-state index >= 15 is 0 Å². The minimum Gasteiger partial charge on any atom is -0.348 e. The maximum Gasteiger partial charge on any atom is 0.293 e. The molecule has 7 heteroatoms. The number of aromatic nitrogens is 5. The zero-order valence-electron chi connectivity index (χ0n) is 13.3. The van der Waals surface area contributed by atoms with Crippen LogP contribution < -0.4 is 0 Å². The topological polar surface area (TPSA) is 79.7 Å². The van der Waals surface area contributed by atoms with Gasteiger partial charge < -0.3 is 9.88 Å². The van der Waals surface area contributed by atoms with E-state index in [1.165, 1.54) is 0 Å². The first-order chi connectivity index (χ1) is 10.4. The summed E-state index contributed by atoms with van der Waals surface area (Å²) in [7, 11) is 0. The lowest BCUT2D eigenvalue weighted by Crippen LogP contribution is -2.38. The number of piperidine rings is 1. The lowest BCUT2D eigenvalue weighted by molar-refractivity contribution is 0.0699. The molecule has 118 valence electrons. The quantitative estimate of drug-likeness (QED) is 0.917. The molecule has 0 unspecified atom stereocenters. The molecule has 0 saturated carbocycles. The molecule has 1 N–H and O–H groups in total. The second-order valence-corrected chi connectivity index (χ2v) is 6.76. The van der Waals surface area contributed by atoms with Gasteiger partial charge in [0.1, 0.15) is 6.33 Å². The van der Waals surface area contributed by atoms with Crippen molar-refractivity contribution in [3.63, 3.8) is 0 Å². The third-order valence-electron chi connectivity index (χ3n) is 4.11. The average molecular weight is 302 g/mol. The van der Waals surface area contributed by atoms with Crippen molar-refractivity contribution in [1.82, 2.24) is 29.6 Å². The van der Waals surface area contributed by atoms with E-state index in [0.717, 1.165) is 31.6 Å². The highest BCUT2D eigenvalue weighted by Gasteiger charge is 2.28. The second kappa shape index (κ2) is 5.55. The van der Waals surface area contributed by atoms with E-state index in [0.29, 0.717) is 5.92 Å². The van der Waals surface area contributed by atoms with Gasteiger partial charge in [-0.1, -0.05) is 0 Å². The van der Waals surface area contributed by atoms with Gasteiger partial charge in [0.2, 0.25) is 5.82 Å². The number of imidazole rings is 1. The number of nitrogens with one attached hydrogen (secondary N) is 1. The van der Waals surface area contributed by atoms with E-state index in [9.17, 15) is 4.79 Å². The first-order valence-electron chi connectivity index (χ1n) is 7.65. The smallest absolute Gasteiger partial charge is 0.293 e. The van der Waals surface area contributed by atoms with Crippen molar-refractivity contribution >= 4 is 5.91 Å². The SMILES string of the molecule is CC(C)(C)n1cnc(C(=O)N2CCC(c3cnc[nH]3)CC2)n1. The van der Waals surface area contributed by atoms with Crippen molar-refractivity contribution < 1.29 is 4.79 Å². The maximum atomic E-state index is 12.5. The fraction of sp³-hybridized carbons (Fsp3) is 0.600. The molecule has 1 saturated heterocycles. The van der Waals surface area contributed by atoms with Crippen LogP contribution >= 0.6 is 0 Å².